The minimum atomic E-state index is -1.41. The van der Waals surface area contributed by atoms with Crippen LogP contribution < -0.4 is 0 Å². The molecule has 17 heavy (non-hydrogen) atoms. The zero-order chi connectivity index (χ0) is 12.5. The molecule has 1 atom stereocenters. The second-order valence-corrected chi connectivity index (χ2v) is 3.31. The van der Waals surface area contributed by atoms with Crippen LogP contribution in [0.15, 0.2) is 66.7 Å². The molecule has 0 saturated heterocycles. The van der Waals surface area contributed by atoms with E-state index in [1.54, 1.807) is 30.3 Å². The number of hydrogen-bond donors (Lipinski definition) is 2. The molecule has 0 aromatic heterocycles. The van der Waals surface area contributed by atoms with Gasteiger partial charge in [0.1, 0.15) is 0 Å². The van der Waals surface area contributed by atoms with Crippen LogP contribution in [0.3, 0.4) is 0 Å². The highest BCUT2D eigenvalue weighted by molar-refractivity contribution is 5.73. The molecule has 0 aliphatic carbocycles. The van der Waals surface area contributed by atoms with Crippen LogP contribution in [0.25, 0.3) is 0 Å². The number of benzene rings is 2. The standard InChI is InChI=1S/C8H8O3.C6H6/c9-7(8(10)11)6-4-2-1-3-5-6;1-2-4-6-5-3-1/h1-5,7,9H,(H,10,11);1-6H. The van der Waals surface area contributed by atoms with Crippen molar-refractivity contribution in [2.24, 2.45) is 0 Å². The number of hydrogen-bond acceptors (Lipinski definition) is 2. The SMILES string of the molecule is O=C(O)C(O)c1ccccc1.c1ccccc1. The Morgan fingerprint density at radius 3 is 1.53 bits per heavy atom. The molecule has 2 aromatic carbocycles. The van der Waals surface area contributed by atoms with Crippen LogP contribution in [0, 0.1) is 0 Å². The van der Waals surface area contributed by atoms with Crippen molar-refractivity contribution in [3.8, 4) is 0 Å². The van der Waals surface area contributed by atoms with Crippen molar-refractivity contribution in [1.82, 2.24) is 0 Å². The molecule has 88 valence electrons. The number of aliphatic carboxylic acids is 1. The summed E-state index contributed by atoms with van der Waals surface area (Å²) in [4.78, 5) is 10.2. The van der Waals surface area contributed by atoms with Gasteiger partial charge in [0.15, 0.2) is 6.10 Å². The molecule has 0 spiro atoms. The van der Waals surface area contributed by atoms with Gasteiger partial charge in [-0.05, 0) is 5.56 Å². The van der Waals surface area contributed by atoms with Gasteiger partial charge >= 0.3 is 5.97 Å². The molecule has 0 bridgehead atoms. The molecule has 0 saturated carbocycles. The van der Waals surface area contributed by atoms with Gasteiger partial charge in [-0.15, -0.1) is 0 Å². The Morgan fingerprint density at radius 1 is 0.824 bits per heavy atom. The van der Waals surface area contributed by atoms with Gasteiger partial charge in [0, 0.05) is 0 Å². The predicted octanol–water partition coefficient (Wildman–Crippen LogP) is 2.49. The highest BCUT2D eigenvalue weighted by atomic mass is 16.4. The third kappa shape index (κ3) is 4.95. The van der Waals surface area contributed by atoms with Crippen molar-refractivity contribution >= 4 is 5.97 Å². The van der Waals surface area contributed by atoms with E-state index in [0.717, 1.165) is 0 Å². The number of aliphatic hydroxyl groups excluding tert-OH is 1. The van der Waals surface area contributed by atoms with Gasteiger partial charge in [-0.1, -0.05) is 66.7 Å². The van der Waals surface area contributed by atoms with E-state index >= 15 is 0 Å². The summed E-state index contributed by atoms with van der Waals surface area (Å²) in [5.74, 6) is -1.23. The first-order valence-electron chi connectivity index (χ1n) is 5.17. The number of rotatable bonds is 2. The Labute approximate surface area is 100.0 Å². The van der Waals surface area contributed by atoms with Gasteiger partial charge in [-0.25, -0.2) is 4.79 Å². The second kappa shape index (κ2) is 7.19. The second-order valence-electron chi connectivity index (χ2n) is 3.31. The molecule has 0 radical (unpaired) electrons. The van der Waals surface area contributed by atoms with Gasteiger partial charge in [0.05, 0.1) is 0 Å². The summed E-state index contributed by atoms with van der Waals surface area (Å²) in [6.07, 6.45) is -1.41. The first-order valence-corrected chi connectivity index (χ1v) is 5.17. The van der Waals surface area contributed by atoms with E-state index < -0.39 is 12.1 Å². The fourth-order valence-electron chi connectivity index (χ4n) is 1.16. The van der Waals surface area contributed by atoms with E-state index in [1.807, 2.05) is 36.4 Å². The van der Waals surface area contributed by atoms with Crippen LogP contribution in [-0.4, -0.2) is 16.2 Å². The number of carboxylic acids is 1. The van der Waals surface area contributed by atoms with Crippen molar-refractivity contribution in [2.75, 3.05) is 0 Å². The van der Waals surface area contributed by atoms with Crippen LogP contribution in [0.5, 0.6) is 0 Å². The van der Waals surface area contributed by atoms with Gasteiger partial charge < -0.3 is 10.2 Å². The summed E-state index contributed by atoms with van der Waals surface area (Å²) in [6, 6.07) is 20.3. The molecule has 2 N–H and O–H groups in total. The molecule has 3 heteroatoms. The lowest BCUT2D eigenvalue weighted by molar-refractivity contribution is -0.146. The monoisotopic (exact) mass is 230 g/mol. The van der Waals surface area contributed by atoms with E-state index in [9.17, 15) is 4.79 Å². The van der Waals surface area contributed by atoms with Crippen LogP contribution >= 0.6 is 0 Å². The van der Waals surface area contributed by atoms with E-state index in [1.165, 1.54) is 0 Å². The Bertz CT molecular complexity index is 399. The molecular weight excluding hydrogens is 216 g/mol. The molecule has 0 amide bonds. The predicted molar refractivity (Wildman–Crippen MR) is 65.5 cm³/mol. The summed E-state index contributed by atoms with van der Waals surface area (Å²) in [7, 11) is 0. The highest BCUT2D eigenvalue weighted by Gasteiger charge is 2.14. The summed E-state index contributed by atoms with van der Waals surface area (Å²) in [5.41, 5.74) is 0.403. The van der Waals surface area contributed by atoms with Crippen molar-refractivity contribution in [1.29, 1.82) is 0 Å². The normalized spacial score (nSPS) is 10.9. The minimum absolute atomic E-state index is 0.403. The third-order valence-corrected chi connectivity index (χ3v) is 2.02. The van der Waals surface area contributed by atoms with Gasteiger partial charge in [0.25, 0.3) is 0 Å². The molecule has 0 aliphatic rings. The maximum absolute atomic E-state index is 10.2. The molecule has 0 aliphatic heterocycles. The fourth-order valence-corrected chi connectivity index (χ4v) is 1.16. The molecule has 0 fully saturated rings. The van der Waals surface area contributed by atoms with Crippen LogP contribution in [0.4, 0.5) is 0 Å². The first-order chi connectivity index (χ1) is 8.22. The van der Waals surface area contributed by atoms with Gasteiger partial charge in [-0.3, -0.25) is 0 Å². The topological polar surface area (TPSA) is 57.5 Å². The molecule has 1 unspecified atom stereocenters. The van der Waals surface area contributed by atoms with E-state index in [2.05, 4.69) is 0 Å². The molecule has 2 rings (SSSR count). The minimum Gasteiger partial charge on any atom is -0.479 e. The molecule has 2 aromatic rings. The van der Waals surface area contributed by atoms with Crippen LogP contribution in [0.1, 0.15) is 11.7 Å². The van der Waals surface area contributed by atoms with Gasteiger partial charge in [-0.2, -0.15) is 0 Å². The zero-order valence-corrected chi connectivity index (χ0v) is 9.23. The van der Waals surface area contributed by atoms with E-state index in [-0.39, 0.29) is 0 Å². The fraction of sp³-hybridized carbons (Fsp3) is 0.0714. The third-order valence-electron chi connectivity index (χ3n) is 2.02. The Hall–Kier alpha value is -2.13. The Kier molecular flexibility index (Phi) is 5.47. The van der Waals surface area contributed by atoms with E-state index in [0.29, 0.717) is 5.56 Å². The summed E-state index contributed by atoms with van der Waals surface area (Å²) >= 11 is 0. The maximum Gasteiger partial charge on any atom is 0.337 e. The molecule has 0 heterocycles. The van der Waals surface area contributed by atoms with Crippen molar-refractivity contribution < 1.29 is 15.0 Å². The lowest BCUT2D eigenvalue weighted by atomic mass is 10.1. The smallest absolute Gasteiger partial charge is 0.337 e. The lowest BCUT2D eigenvalue weighted by Gasteiger charge is -2.03. The number of aliphatic hydroxyl groups is 1. The number of carbonyl (C=O) groups is 1. The summed E-state index contributed by atoms with van der Waals surface area (Å²) in [5, 5.41) is 17.4. The van der Waals surface area contributed by atoms with E-state index in [4.69, 9.17) is 10.2 Å². The van der Waals surface area contributed by atoms with Crippen LogP contribution in [0.2, 0.25) is 0 Å². The summed E-state index contributed by atoms with van der Waals surface area (Å²) in [6.45, 7) is 0. The summed E-state index contributed by atoms with van der Waals surface area (Å²) < 4.78 is 0. The van der Waals surface area contributed by atoms with Gasteiger partial charge in [0.2, 0.25) is 0 Å². The van der Waals surface area contributed by atoms with Crippen molar-refractivity contribution in [2.45, 2.75) is 6.10 Å². The molecule has 3 nitrogen and oxygen atoms in total. The van der Waals surface area contributed by atoms with Crippen LogP contribution in [-0.2, 0) is 4.79 Å². The largest absolute Gasteiger partial charge is 0.479 e. The first kappa shape index (κ1) is 12.9. The average molecular weight is 230 g/mol. The zero-order valence-electron chi connectivity index (χ0n) is 9.23. The van der Waals surface area contributed by atoms with Crippen molar-refractivity contribution in [3.05, 3.63) is 72.3 Å². The Morgan fingerprint density at radius 2 is 1.18 bits per heavy atom. The quantitative estimate of drug-likeness (QED) is 0.833. The lowest BCUT2D eigenvalue weighted by Crippen LogP contribution is -2.09. The molecular formula is C14H14O3. The highest BCUT2D eigenvalue weighted by Crippen LogP contribution is 2.10. The maximum atomic E-state index is 10.2. The van der Waals surface area contributed by atoms with Crippen molar-refractivity contribution in [3.63, 3.8) is 0 Å². The Balaban J connectivity index is 0.000000202. The number of carboxylic acid groups (broad SMARTS) is 1. The average Bonchev–Trinajstić information content (AvgIpc) is 2.41.